The van der Waals surface area contributed by atoms with Crippen molar-refractivity contribution in [3.63, 3.8) is 0 Å². The zero-order valence-electron chi connectivity index (χ0n) is 16.4. The molecule has 2 heterocycles. The number of hydrogen-bond donors (Lipinski definition) is 1. The first-order valence-corrected chi connectivity index (χ1v) is 10.7. The van der Waals surface area contributed by atoms with Crippen molar-refractivity contribution in [1.29, 1.82) is 0 Å². The largest absolute Gasteiger partial charge is 0.497 e. The smallest absolute Gasteiger partial charge is 0.227 e. The van der Waals surface area contributed by atoms with Gasteiger partial charge >= 0.3 is 0 Å². The lowest BCUT2D eigenvalue weighted by atomic mass is 10.0. The van der Waals surface area contributed by atoms with E-state index in [1.807, 2.05) is 24.3 Å². The van der Waals surface area contributed by atoms with E-state index in [0.717, 1.165) is 35.6 Å². The number of thiazole rings is 1. The van der Waals surface area contributed by atoms with Gasteiger partial charge in [-0.05, 0) is 49.9 Å². The van der Waals surface area contributed by atoms with E-state index >= 15 is 0 Å². The van der Waals surface area contributed by atoms with Crippen molar-refractivity contribution in [1.82, 2.24) is 20.4 Å². The first-order chi connectivity index (χ1) is 14.2. The van der Waals surface area contributed by atoms with E-state index in [9.17, 15) is 4.79 Å². The van der Waals surface area contributed by atoms with Crippen molar-refractivity contribution in [2.45, 2.75) is 44.9 Å². The molecule has 0 bridgehead atoms. The maximum Gasteiger partial charge on any atom is 0.227 e. The minimum Gasteiger partial charge on any atom is -0.497 e. The maximum atomic E-state index is 12.1. The van der Waals surface area contributed by atoms with E-state index in [1.165, 1.54) is 23.4 Å². The van der Waals surface area contributed by atoms with Gasteiger partial charge < -0.3 is 14.6 Å². The third-order valence-corrected chi connectivity index (χ3v) is 6.15. The van der Waals surface area contributed by atoms with Crippen LogP contribution in [-0.2, 0) is 30.5 Å². The molecule has 7 nitrogen and oxygen atoms in total. The normalized spacial score (nSPS) is 13.1. The molecule has 1 aliphatic carbocycles. The van der Waals surface area contributed by atoms with Crippen LogP contribution in [0.5, 0.6) is 5.75 Å². The molecule has 0 saturated heterocycles. The van der Waals surface area contributed by atoms with Crippen LogP contribution in [0.25, 0.3) is 11.4 Å². The average molecular weight is 413 g/mol. The summed E-state index contributed by atoms with van der Waals surface area (Å²) in [4.78, 5) is 22.6. The topological polar surface area (TPSA) is 90.1 Å². The van der Waals surface area contributed by atoms with Crippen LogP contribution in [0.2, 0.25) is 0 Å². The number of carbonyl (C=O) groups excluding carboxylic acids is 1. The molecule has 0 saturated carbocycles. The predicted octanol–water partition coefficient (Wildman–Crippen LogP) is 3.37. The van der Waals surface area contributed by atoms with E-state index in [1.54, 1.807) is 18.4 Å². The zero-order chi connectivity index (χ0) is 20.1. The van der Waals surface area contributed by atoms with Crippen LogP contribution in [-0.4, -0.2) is 34.7 Å². The molecule has 8 heteroatoms. The van der Waals surface area contributed by atoms with Crippen molar-refractivity contribution in [2.24, 2.45) is 0 Å². The van der Waals surface area contributed by atoms with Crippen LogP contribution < -0.4 is 10.1 Å². The van der Waals surface area contributed by atoms with E-state index in [-0.39, 0.29) is 5.91 Å². The number of nitrogens with one attached hydrogen (secondary N) is 1. The molecule has 1 amide bonds. The van der Waals surface area contributed by atoms with Crippen LogP contribution in [0.1, 0.15) is 40.7 Å². The zero-order valence-corrected chi connectivity index (χ0v) is 17.3. The van der Waals surface area contributed by atoms with Crippen LogP contribution in [0.4, 0.5) is 0 Å². The summed E-state index contributed by atoms with van der Waals surface area (Å²) in [6.45, 7) is 0.603. The maximum absolute atomic E-state index is 12.1. The summed E-state index contributed by atoms with van der Waals surface area (Å²) in [6, 6.07) is 7.43. The number of nitrogens with zero attached hydrogens (tertiary/aromatic N) is 3. The van der Waals surface area contributed by atoms with Gasteiger partial charge in [0, 0.05) is 36.2 Å². The molecule has 1 aliphatic rings. The highest BCUT2D eigenvalue weighted by Gasteiger charge is 2.15. The fraction of sp³-hybridized carbons (Fsp3) is 0.429. The molecule has 0 spiro atoms. The van der Waals surface area contributed by atoms with Gasteiger partial charge in [0.15, 0.2) is 0 Å². The number of aromatic nitrogens is 3. The average Bonchev–Trinajstić information content (AvgIpc) is 3.39. The highest BCUT2D eigenvalue weighted by atomic mass is 32.1. The van der Waals surface area contributed by atoms with Crippen LogP contribution in [0.15, 0.2) is 28.8 Å². The summed E-state index contributed by atoms with van der Waals surface area (Å²) in [5, 5.41) is 8.07. The van der Waals surface area contributed by atoms with E-state index in [0.29, 0.717) is 31.1 Å². The first kappa shape index (κ1) is 19.6. The lowest BCUT2D eigenvalue weighted by Gasteiger charge is -2.06. The van der Waals surface area contributed by atoms with Gasteiger partial charge in [0.25, 0.3) is 0 Å². The van der Waals surface area contributed by atoms with Gasteiger partial charge in [-0.3, -0.25) is 4.79 Å². The molecule has 1 aromatic carbocycles. The molecule has 0 fully saturated rings. The second-order valence-electron chi connectivity index (χ2n) is 7.02. The van der Waals surface area contributed by atoms with Crippen LogP contribution in [0, 0.1) is 0 Å². The number of ether oxygens (including phenoxy) is 1. The Balaban J connectivity index is 1.21. The second-order valence-corrected chi connectivity index (χ2v) is 8.19. The standard InChI is InChI=1S/C21H24N4O3S/c1-27-15-8-6-14(7-9-15)21-24-19(28-25-21)11-10-18(26)22-13-12-20-23-16-4-2-3-5-17(16)29-20/h6-9H,2-5,10-13H2,1H3,(H,22,26). The van der Waals surface area contributed by atoms with Crippen molar-refractivity contribution in [2.75, 3.05) is 13.7 Å². The molecule has 0 radical (unpaired) electrons. The summed E-state index contributed by atoms with van der Waals surface area (Å²) >= 11 is 1.80. The molecule has 3 aromatic rings. The molecular formula is C21H24N4O3S. The van der Waals surface area contributed by atoms with E-state index < -0.39 is 0 Å². The van der Waals surface area contributed by atoms with Crippen LogP contribution in [0.3, 0.4) is 0 Å². The van der Waals surface area contributed by atoms with Gasteiger partial charge in [-0.15, -0.1) is 11.3 Å². The third kappa shape index (κ3) is 5.00. The van der Waals surface area contributed by atoms with Gasteiger partial charge in [0.1, 0.15) is 5.75 Å². The number of rotatable bonds is 8. The molecular weight excluding hydrogens is 388 g/mol. The number of methoxy groups -OCH3 is 1. The molecule has 4 rings (SSSR count). The lowest BCUT2D eigenvalue weighted by molar-refractivity contribution is -0.121. The number of fused-ring (bicyclic) bond motifs is 1. The minimum atomic E-state index is -0.0180. The lowest BCUT2D eigenvalue weighted by Crippen LogP contribution is -2.25. The summed E-state index contributed by atoms with van der Waals surface area (Å²) in [5.74, 6) is 1.72. The molecule has 29 heavy (non-hydrogen) atoms. The van der Waals surface area contributed by atoms with Gasteiger partial charge in [-0.25, -0.2) is 4.98 Å². The molecule has 0 unspecified atom stereocenters. The molecule has 0 aliphatic heterocycles. The quantitative estimate of drug-likeness (QED) is 0.610. The Bertz CT molecular complexity index is 941. The second kappa shape index (κ2) is 9.17. The highest BCUT2D eigenvalue weighted by Crippen LogP contribution is 2.26. The molecule has 2 aromatic heterocycles. The number of carbonyl (C=O) groups is 1. The highest BCUT2D eigenvalue weighted by molar-refractivity contribution is 7.11. The summed E-state index contributed by atoms with van der Waals surface area (Å²) in [7, 11) is 1.62. The first-order valence-electron chi connectivity index (χ1n) is 9.92. The van der Waals surface area contributed by atoms with E-state index in [4.69, 9.17) is 14.2 Å². The van der Waals surface area contributed by atoms with Gasteiger partial charge in [0.2, 0.25) is 17.6 Å². The monoisotopic (exact) mass is 412 g/mol. The van der Waals surface area contributed by atoms with Gasteiger partial charge in [0.05, 0.1) is 17.8 Å². The summed E-state index contributed by atoms with van der Waals surface area (Å²) in [5.41, 5.74) is 2.11. The Hall–Kier alpha value is -2.74. The summed E-state index contributed by atoms with van der Waals surface area (Å²) in [6.07, 6.45) is 6.28. The van der Waals surface area contributed by atoms with Crippen LogP contribution >= 0.6 is 11.3 Å². The third-order valence-electron chi connectivity index (χ3n) is 4.93. The van der Waals surface area contributed by atoms with Crippen molar-refractivity contribution < 1.29 is 14.1 Å². The Morgan fingerprint density at radius 1 is 1.17 bits per heavy atom. The van der Waals surface area contributed by atoms with Gasteiger partial charge in [-0.1, -0.05) is 5.16 Å². The SMILES string of the molecule is COc1ccc(-c2noc(CCC(=O)NCCc3nc4c(s3)CCCC4)n2)cc1. The van der Waals surface area contributed by atoms with Gasteiger partial charge in [-0.2, -0.15) is 4.98 Å². The van der Waals surface area contributed by atoms with Crippen molar-refractivity contribution in [3.8, 4) is 17.1 Å². The molecule has 152 valence electrons. The number of hydrogen-bond acceptors (Lipinski definition) is 7. The Morgan fingerprint density at radius 3 is 2.79 bits per heavy atom. The molecule has 0 atom stereocenters. The Kier molecular flexibility index (Phi) is 6.19. The Labute approximate surface area is 173 Å². The number of aryl methyl sites for hydroxylation is 3. The number of amides is 1. The van der Waals surface area contributed by atoms with E-state index in [2.05, 4.69) is 15.5 Å². The predicted molar refractivity (Wildman–Crippen MR) is 110 cm³/mol. The van der Waals surface area contributed by atoms with Crippen molar-refractivity contribution >= 4 is 17.2 Å². The minimum absolute atomic E-state index is 0.0180. The fourth-order valence-corrected chi connectivity index (χ4v) is 4.50. The number of benzene rings is 1. The molecule has 1 N–H and O–H groups in total. The Morgan fingerprint density at radius 2 is 2.00 bits per heavy atom. The summed E-state index contributed by atoms with van der Waals surface area (Å²) < 4.78 is 10.4. The fourth-order valence-electron chi connectivity index (χ4n) is 3.34. The van der Waals surface area contributed by atoms with Crippen molar-refractivity contribution in [3.05, 3.63) is 45.7 Å².